The molecule has 0 aliphatic heterocycles. The van der Waals surface area contributed by atoms with Crippen LogP contribution in [0, 0.1) is 0 Å². The monoisotopic (exact) mass is 531 g/mol. The van der Waals surface area contributed by atoms with E-state index in [1.165, 1.54) is 5.46 Å². The zero-order chi connectivity index (χ0) is 27.6. The van der Waals surface area contributed by atoms with E-state index in [4.69, 9.17) is 14.5 Å². The molecule has 0 spiro atoms. The third-order valence-electron chi connectivity index (χ3n) is 7.02. The van der Waals surface area contributed by atoms with Crippen LogP contribution < -0.4 is 14.9 Å². The predicted molar refractivity (Wildman–Crippen MR) is 168 cm³/mol. The predicted octanol–water partition coefficient (Wildman–Crippen LogP) is 7.74. The van der Waals surface area contributed by atoms with Gasteiger partial charge in [0.15, 0.2) is 0 Å². The maximum atomic E-state index is 6.03. The van der Waals surface area contributed by atoms with E-state index in [-0.39, 0.29) is 0 Å². The van der Waals surface area contributed by atoms with Gasteiger partial charge in [-0.05, 0) is 78.9 Å². The zero-order valence-corrected chi connectivity index (χ0v) is 22.5. The van der Waals surface area contributed by atoms with Gasteiger partial charge in [0, 0.05) is 33.8 Å². The van der Waals surface area contributed by atoms with Crippen molar-refractivity contribution in [1.29, 1.82) is 0 Å². The van der Waals surface area contributed by atoms with E-state index < -0.39 is 0 Å². The summed E-state index contributed by atoms with van der Waals surface area (Å²) in [6.45, 7) is 0. The van der Waals surface area contributed by atoms with E-state index in [1.54, 1.807) is 0 Å². The number of nitrogens with one attached hydrogen (secondary N) is 2. The van der Waals surface area contributed by atoms with Gasteiger partial charge in [-0.3, -0.25) is 0 Å². The molecule has 0 atom stereocenters. The number of aromatic nitrogens is 3. The Balaban J connectivity index is 1.27. The van der Waals surface area contributed by atoms with E-state index in [1.807, 2.05) is 103 Å². The second-order valence-corrected chi connectivity index (χ2v) is 9.94. The smallest absolute Gasteiger partial charge is 0.140 e. The Morgan fingerprint density at radius 1 is 0.585 bits per heavy atom. The van der Waals surface area contributed by atoms with Gasteiger partial charge in [-0.15, -0.1) is 0 Å². The van der Waals surface area contributed by atoms with Gasteiger partial charge >= 0.3 is 0 Å². The van der Waals surface area contributed by atoms with Crippen molar-refractivity contribution in [2.45, 2.75) is 0 Å². The number of imidazole rings is 1. The number of benzene rings is 5. The van der Waals surface area contributed by atoms with Gasteiger partial charge in [0.2, 0.25) is 0 Å². The van der Waals surface area contributed by atoms with Gasteiger partial charge in [0.05, 0.1) is 11.4 Å². The second-order valence-electron chi connectivity index (χ2n) is 9.94. The van der Waals surface area contributed by atoms with E-state index in [0.29, 0.717) is 0 Å². The van der Waals surface area contributed by atoms with Crippen LogP contribution in [0.3, 0.4) is 0 Å². The van der Waals surface area contributed by atoms with Crippen LogP contribution in [0.25, 0.3) is 44.8 Å². The molecule has 0 saturated carbocycles. The first-order valence-corrected chi connectivity index (χ1v) is 13.5. The van der Waals surface area contributed by atoms with Crippen LogP contribution in [0.15, 0.2) is 134 Å². The van der Waals surface area contributed by atoms with E-state index in [9.17, 15) is 0 Å². The molecule has 5 nitrogen and oxygen atoms in total. The lowest BCUT2D eigenvalue weighted by Crippen LogP contribution is -1.99. The van der Waals surface area contributed by atoms with Crippen molar-refractivity contribution in [3.05, 3.63) is 134 Å². The van der Waals surface area contributed by atoms with E-state index in [2.05, 4.69) is 48.1 Å². The highest BCUT2D eigenvalue weighted by Crippen LogP contribution is 2.37. The van der Waals surface area contributed by atoms with Crippen LogP contribution in [-0.4, -0.2) is 22.8 Å². The van der Waals surface area contributed by atoms with Crippen molar-refractivity contribution >= 4 is 24.2 Å². The summed E-state index contributed by atoms with van der Waals surface area (Å²) in [4.78, 5) is 12.2. The van der Waals surface area contributed by atoms with Crippen LogP contribution in [0.5, 0.6) is 23.0 Å². The minimum absolute atomic E-state index is 0.770. The first-order chi connectivity index (χ1) is 20.2. The van der Waals surface area contributed by atoms with Gasteiger partial charge in [0.1, 0.15) is 36.7 Å². The van der Waals surface area contributed by atoms with Gasteiger partial charge in [-0.25, -0.2) is 4.98 Å². The number of rotatable bonds is 7. The van der Waals surface area contributed by atoms with Crippen LogP contribution in [0.4, 0.5) is 0 Å². The van der Waals surface area contributed by atoms with Crippen molar-refractivity contribution < 1.29 is 9.47 Å². The highest BCUT2D eigenvalue weighted by Gasteiger charge is 2.18. The molecule has 0 aliphatic carbocycles. The van der Waals surface area contributed by atoms with Crippen molar-refractivity contribution in [2.75, 3.05) is 0 Å². The summed E-state index contributed by atoms with van der Waals surface area (Å²) in [6, 6.07) is 42.1. The summed E-state index contributed by atoms with van der Waals surface area (Å²) in [5.41, 5.74) is 7.12. The lowest BCUT2D eigenvalue weighted by molar-refractivity contribution is 0.482. The molecular weight excluding hydrogens is 505 g/mol. The van der Waals surface area contributed by atoms with Crippen LogP contribution in [-0.2, 0) is 0 Å². The molecule has 2 aromatic heterocycles. The fourth-order valence-corrected chi connectivity index (χ4v) is 4.97. The molecule has 196 valence electrons. The number of fused-ring (bicyclic) bond motifs is 1. The molecule has 6 heteroatoms. The Morgan fingerprint density at radius 2 is 1.15 bits per heavy atom. The van der Waals surface area contributed by atoms with Gasteiger partial charge in [-0.2, -0.15) is 0 Å². The molecule has 0 radical (unpaired) electrons. The molecule has 7 aromatic rings. The Kier molecular flexibility index (Phi) is 6.34. The Hall–Kier alpha value is -5.49. The average Bonchev–Trinajstić information content (AvgIpc) is 3.63. The molecule has 0 amide bonds. The number of nitrogens with zero attached hydrogens (tertiary/aromatic N) is 1. The summed E-state index contributed by atoms with van der Waals surface area (Å²) < 4.78 is 12.0. The number of aromatic amines is 2. The first-order valence-electron chi connectivity index (χ1n) is 13.5. The Morgan fingerprint density at radius 3 is 1.76 bits per heavy atom. The Bertz CT molecular complexity index is 1830. The zero-order valence-electron chi connectivity index (χ0n) is 22.5. The number of H-pyrrole nitrogens is 2. The van der Waals surface area contributed by atoms with Gasteiger partial charge in [0.25, 0.3) is 0 Å². The molecule has 2 heterocycles. The molecule has 0 unspecified atom stereocenters. The average molecular weight is 531 g/mol. The first kappa shape index (κ1) is 24.5. The fourth-order valence-electron chi connectivity index (χ4n) is 4.97. The van der Waals surface area contributed by atoms with Crippen molar-refractivity contribution in [2.24, 2.45) is 0 Å². The molecular formula is C35H26BN3O2. The summed E-state index contributed by atoms with van der Waals surface area (Å²) in [6.07, 6.45) is 2.02. The molecule has 7 rings (SSSR count). The molecule has 41 heavy (non-hydrogen) atoms. The molecule has 0 saturated heterocycles. The minimum atomic E-state index is 0.770. The maximum absolute atomic E-state index is 6.03. The molecule has 0 bridgehead atoms. The number of ether oxygens (including phenoxy) is 2. The largest absolute Gasteiger partial charge is 0.457 e. The quantitative estimate of drug-likeness (QED) is 0.207. The van der Waals surface area contributed by atoms with Crippen LogP contribution >= 0.6 is 0 Å². The molecule has 2 N–H and O–H groups in total. The SMILES string of the molecule is Bc1ccc2[nH]cc(-c3nc(-c4ccc(Oc5ccccc5)cc4)c(-c4ccc(Oc5ccccc5)cc4)[nH]3)c2c1. The highest BCUT2D eigenvalue weighted by molar-refractivity contribution is 6.33. The lowest BCUT2D eigenvalue weighted by Gasteiger charge is -2.08. The number of hydrogen-bond donors (Lipinski definition) is 2. The maximum Gasteiger partial charge on any atom is 0.140 e. The topological polar surface area (TPSA) is 62.9 Å². The summed E-state index contributed by atoms with van der Waals surface area (Å²) in [5, 5.41) is 1.13. The standard InChI is InChI=1S/C35H26BN3O2/c36-25-15-20-32-30(21-25)31(22-37-32)35-38-33(23-11-16-28(17-12-23)40-26-7-3-1-4-8-26)34(39-35)24-13-18-29(19-14-24)41-27-9-5-2-6-10-27/h1-22,37H,36H2,(H,38,39). The summed E-state index contributed by atoms with van der Waals surface area (Å²) in [7, 11) is 2.10. The fraction of sp³-hybridized carbons (Fsp3) is 0. The van der Waals surface area contributed by atoms with Crippen molar-refractivity contribution in [1.82, 2.24) is 15.0 Å². The van der Waals surface area contributed by atoms with Gasteiger partial charge in [-0.1, -0.05) is 54.0 Å². The number of para-hydroxylation sites is 2. The lowest BCUT2D eigenvalue weighted by atomic mass is 9.94. The van der Waals surface area contributed by atoms with E-state index in [0.717, 1.165) is 67.8 Å². The molecule has 0 aliphatic rings. The van der Waals surface area contributed by atoms with Crippen LogP contribution in [0.2, 0.25) is 0 Å². The molecule has 0 fully saturated rings. The number of hydrogen-bond acceptors (Lipinski definition) is 3. The minimum Gasteiger partial charge on any atom is -0.457 e. The van der Waals surface area contributed by atoms with E-state index >= 15 is 0 Å². The second kappa shape index (κ2) is 10.6. The summed E-state index contributed by atoms with van der Waals surface area (Å²) >= 11 is 0. The molecule has 5 aromatic carbocycles. The third-order valence-corrected chi connectivity index (χ3v) is 7.02. The van der Waals surface area contributed by atoms with Gasteiger partial charge < -0.3 is 19.4 Å². The third kappa shape index (κ3) is 5.11. The summed E-state index contributed by atoms with van der Waals surface area (Å²) in [5.74, 6) is 3.95. The highest BCUT2D eigenvalue weighted by atomic mass is 16.5. The van der Waals surface area contributed by atoms with Crippen molar-refractivity contribution in [3.63, 3.8) is 0 Å². The van der Waals surface area contributed by atoms with Crippen molar-refractivity contribution in [3.8, 4) is 56.9 Å². The Labute approximate surface area is 238 Å². The van der Waals surface area contributed by atoms with Crippen LogP contribution in [0.1, 0.15) is 0 Å². The normalized spacial score (nSPS) is 11.0.